The van der Waals surface area contributed by atoms with Crippen molar-refractivity contribution in [2.75, 3.05) is 17.2 Å². The number of rotatable bonds is 2. The van der Waals surface area contributed by atoms with Gasteiger partial charge in [0.15, 0.2) is 0 Å². The van der Waals surface area contributed by atoms with Crippen molar-refractivity contribution in [1.29, 1.82) is 5.41 Å². The fourth-order valence-electron chi connectivity index (χ4n) is 2.33. The lowest BCUT2D eigenvalue weighted by molar-refractivity contribution is 0.619. The Morgan fingerprint density at radius 1 is 1.56 bits per heavy atom. The zero-order valence-corrected chi connectivity index (χ0v) is 11.9. The van der Waals surface area contributed by atoms with Crippen molar-refractivity contribution in [3.63, 3.8) is 0 Å². The molecule has 4 nitrogen and oxygen atoms in total. The van der Waals surface area contributed by atoms with Gasteiger partial charge in [0.1, 0.15) is 11.7 Å². The molecule has 1 aliphatic heterocycles. The van der Waals surface area contributed by atoms with E-state index < -0.39 is 0 Å². The minimum Gasteiger partial charge on any atom is -0.384 e. The van der Waals surface area contributed by atoms with Crippen molar-refractivity contribution < 1.29 is 0 Å². The average molecular weight is 264 g/mol. The lowest BCUT2D eigenvalue weighted by atomic mass is 10.1. The van der Waals surface area contributed by atoms with Gasteiger partial charge in [-0.1, -0.05) is 6.92 Å². The van der Waals surface area contributed by atoms with Crippen LogP contribution in [0.3, 0.4) is 0 Å². The summed E-state index contributed by atoms with van der Waals surface area (Å²) in [6, 6.07) is 2.32. The number of hydrogen-bond acceptors (Lipinski definition) is 4. The van der Waals surface area contributed by atoms with Gasteiger partial charge in [-0.3, -0.25) is 5.41 Å². The number of nitrogen functional groups attached to an aromatic ring is 1. The van der Waals surface area contributed by atoms with Crippen molar-refractivity contribution in [3.8, 4) is 0 Å². The van der Waals surface area contributed by atoms with Gasteiger partial charge in [0.25, 0.3) is 0 Å². The molecule has 3 N–H and O–H groups in total. The maximum absolute atomic E-state index is 7.76. The van der Waals surface area contributed by atoms with Gasteiger partial charge in [-0.25, -0.2) is 4.98 Å². The number of thioether (sulfide) groups is 1. The highest BCUT2D eigenvalue weighted by Gasteiger charge is 2.28. The Labute approximate surface area is 112 Å². The van der Waals surface area contributed by atoms with Crippen LogP contribution in [0.2, 0.25) is 0 Å². The third-order valence-electron chi connectivity index (χ3n) is 3.56. The van der Waals surface area contributed by atoms with Crippen molar-refractivity contribution in [1.82, 2.24) is 4.98 Å². The normalized spacial score (nSPS) is 24.1. The van der Waals surface area contributed by atoms with Gasteiger partial charge in [0.2, 0.25) is 0 Å². The number of anilines is 1. The van der Waals surface area contributed by atoms with Gasteiger partial charge in [0.05, 0.1) is 5.56 Å². The summed E-state index contributed by atoms with van der Waals surface area (Å²) < 4.78 is 0. The molecule has 0 radical (unpaired) electrons. The van der Waals surface area contributed by atoms with Crippen molar-refractivity contribution in [2.24, 2.45) is 5.73 Å². The average Bonchev–Trinajstić information content (AvgIpc) is 2.32. The van der Waals surface area contributed by atoms with Gasteiger partial charge < -0.3 is 10.6 Å². The van der Waals surface area contributed by atoms with Crippen LogP contribution in [-0.4, -0.2) is 34.4 Å². The lowest BCUT2D eigenvalue weighted by Gasteiger charge is -2.39. The Morgan fingerprint density at radius 2 is 2.28 bits per heavy atom. The molecule has 2 rings (SSSR count). The number of nitrogens with one attached hydrogen (secondary N) is 1. The maximum Gasteiger partial charge on any atom is 0.140 e. The van der Waals surface area contributed by atoms with Gasteiger partial charge in [-0.05, 0) is 25.5 Å². The fraction of sp³-hybridized carbons (Fsp3) is 0.538. The summed E-state index contributed by atoms with van der Waals surface area (Å²) in [4.78, 5) is 6.75. The summed E-state index contributed by atoms with van der Waals surface area (Å²) in [6.45, 7) is 7.40. The fourth-order valence-corrected chi connectivity index (χ4v) is 3.43. The second kappa shape index (κ2) is 5.18. The highest BCUT2D eigenvalue weighted by atomic mass is 32.2. The van der Waals surface area contributed by atoms with Crippen LogP contribution in [0.4, 0.5) is 5.82 Å². The van der Waals surface area contributed by atoms with E-state index in [-0.39, 0.29) is 5.84 Å². The Morgan fingerprint density at radius 3 is 2.94 bits per heavy atom. The molecule has 1 fully saturated rings. The Balaban J connectivity index is 2.44. The minimum absolute atomic E-state index is 0.105. The van der Waals surface area contributed by atoms with Crippen LogP contribution in [0, 0.1) is 12.3 Å². The second-order valence-corrected chi connectivity index (χ2v) is 6.24. The number of pyridine rings is 1. The number of hydrogen-bond donors (Lipinski definition) is 2. The van der Waals surface area contributed by atoms with Crippen LogP contribution in [-0.2, 0) is 0 Å². The van der Waals surface area contributed by atoms with E-state index in [2.05, 4.69) is 23.7 Å². The smallest absolute Gasteiger partial charge is 0.140 e. The maximum atomic E-state index is 7.76. The Hall–Kier alpha value is -1.23. The Kier molecular flexibility index (Phi) is 3.80. The zero-order valence-electron chi connectivity index (χ0n) is 11.1. The van der Waals surface area contributed by atoms with E-state index in [0.717, 1.165) is 29.2 Å². The zero-order chi connectivity index (χ0) is 13.3. The van der Waals surface area contributed by atoms with Crippen molar-refractivity contribution in [2.45, 2.75) is 32.1 Å². The predicted octanol–water partition coefficient (Wildman–Crippen LogP) is 2.00. The SMILES string of the molecule is Cc1ccnc(N2CCSC(C)C2C)c1C(=N)N. The van der Waals surface area contributed by atoms with Gasteiger partial charge in [-0.2, -0.15) is 11.8 Å². The van der Waals surface area contributed by atoms with Gasteiger partial charge in [0, 0.05) is 29.8 Å². The number of nitrogens with zero attached hydrogens (tertiary/aromatic N) is 2. The van der Waals surface area contributed by atoms with E-state index in [1.54, 1.807) is 6.20 Å². The number of aromatic nitrogens is 1. The number of nitrogens with two attached hydrogens (primary N) is 1. The highest BCUT2D eigenvalue weighted by molar-refractivity contribution is 8.00. The van der Waals surface area contributed by atoms with Crippen LogP contribution >= 0.6 is 11.8 Å². The van der Waals surface area contributed by atoms with E-state index in [1.807, 2.05) is 24.8 Å². The van der Waals surface area contributed by atoms with Crippen molar-refractivity contribution >= 4 is 23.4 Å². The van der Waals surface area contributed by atoms with Crippen molar-refractivity contribution in [3.05, 3.63) is 23.4 Å². The Bertz CT molecular complexity index is 460. The van der Waals surface area contributed by atoms with E-state index >= 15 is 0 Å². The van der Waals surface area contributed by atoms with E-state index in [0.29, 0.717) is 11.3 Å². The number of aryl methyl sites for hydroxylation is 1. The van der Waals surface area contributed by atoms with Crippen LogP contribution in [0.25, 0.3) is 0 Å². The summed E-state index contributed by atoms with van der Waals surface area (Å²) >= 11 is 1.99. The van der Waals surface area contributed by atoms with E-state index in [4.69, 9.17) is 11.1 Å². The molecule has 18 heavy (non-hydrogen) atoms. The van der Waals surface area contributed by atoms with Gasteiger partial charge >= 0.3 is 0 Å². The molecule has 2 heterocycles. The predicted molar refractivity (Wildman–Crippen MR) is 78.7 cm³/mol. The lowest BCUT2D eigenvalue weighted by Crippen LogP contribution is -2.46. The molecule has 5 heteroatoms. The molecule has 0 amide bonds. The summed E-state index contributed by atoms with van der Waals surface area (Å²) in [5.74, 6) is 2.06. The third-order valence-corrected chi connectivity index (χ3v) is 4.90. The second-order valence-electron chi connectivity index (χ2n) is 4.75. The molecule has 2 unspecified atom stereocenters. The molecule has 98 valence electrons. The molecule has 2 atom stereocenters. The van der Waals surface area contributed by atoms with E-state index in [1.165, 1.54) is 0 Å². The van der Waals surface area contributed by atoms with Crippen LogP contribution in [0.15, 0.2) is 12.3 Å². The first-order valence-corrected chi connectivity index (χ1v) is 7.25. The summed E-state index contributed by atoms with van der Waals surface area (Å²) in [7, 11) is 0. The molecule has 1 aliphatic rings. The molecule has 0 spiro atoms. The number of amidine groups is 1. The molecular formula is C13H20N4S. The molecule has 0 saturated carbocycles. The van der Waals surface area contributed by atoms with Crippen LogP contribution in [0.1, 0.15) is 25.0 Å². The molecule has 0 bridgehead atoms. The third kappa shape index (κ3) is 2.32. The molecule has 1 aromatic rings. The molecule has 0 aliphatic carbocycles. The molecule has 1 saturated heterocycles. The van der Waals surface area contributed by atoms with Crippen LogP contribution in [0.5, 0.6) is 0 Å². The largest absolute Gasteiger partial charge is 0.384 e. The molecular weight excluding hydrogens is 244 g/mol. The standard InChI is InChI=1S/C13H20N4S/c1-8-4-5-16-13(11(8)12(14)15)17-6-7-18-10(3)9(17)2/h4-5,9-10H,6-7H2,1-3H3,(H3,14,15). The molecule has 1 aromatic heterocycles. The first-order valence-electron chi connectivity index (χ1n) is 6.20. The monoisotopic (exact) mass is 264 g/mol. The molecule has 0 aromatic carbocycles. The summed E-state index contributed by atoms with van der Waals surface area (Å²) in [5.41, 5.74) is 7.51. The first-order chi connectivity index (χ1) is 8.52. The quantitative estimate of drug-likeness (QED) is 0.633. The van der Waals surface area contributed by atoms with Crippen LogP contribution < -0.4 is 10.6 Å². The highest BCUT2D eigenvalue weighted by Crippen LogP contribution is 2.30. The van der Waals surface area contributed by atoms with Gasteiger partial charge in [-0.15, -0.1) is 0 Å². The first kappa shape index (κ1) is 13.2. The summed E-state index contributed by atoms with van der Waals surface area (Å²) in [6.07, 6.45) is 1.80. The van der Waals surface area contributed by atoms with E-state index in [9.17, 15) is 0 Å². The minimum atomic E-state index is 0.105. The topological polar surface area (TPSA) is 66.0 Å². The summed E-state index contributed by atoms with van der Waals surface area (Å²) in [5, 5.41) is 8.33.